The zero-order chi connectivity index (χ0) is 19.7. The number of nitrogens with one attached hydrogen (secondary N) is 2. The fourth-order valence-electron chi connectivity index (χ4n) is 4.34. The molecule has 0 unspecified atom stereocenters. The van der Waals surface area contributed by atoms with E-state index >= 15 is 0 Å². The Morgan fingerprint density at radius 3 is 2.61 bits per heavy atom. The third-order valence-electron chi connectivity index (χ3n) is 5.91. The van der Waals surface area contributed by atoms with Crippen molar-refractivity contribution in [1.82, 2.24) is 15.2 Å². The van der Waals surface area contributed by atoms with Gasteiger partial charge in [-0.25, -0.2) is 0 Å². The van der Waals surface area contributed by atoms with Gasteiger partial charge in [-0.05, 0) is 55.9 Å². The van der Waals surface area contributed by atoms with Crippen LogP contribution in [0.15, 0.2) is 24.3 Å². The van der Waals surface area contributed by atoms with E-state index in [1.165, 1.54) is 5.56 Å². The van der Waals surface area contributed by atoms with Gasteiger partial charge in [0.1, 0.15) is 5.69 Å². The van der Waals surface area contributed by atoms with Crippen LogP contribution in [0.3, 0.4) is 0 Å². The smallest absolute Gasteiger partial charge is 0.268 e. The fraction of sp³-hybridized carbons (Fsp3) is 0.455. The second-order valence-electron chi connectivity index (χ2n) is 7.91. The number of piperidine rings is 1. The molecule has 1 aliphatic heterocycles. The second kappa shape index (κ2) is 8.10. The standard InChI is InChI=1S/C22H26ClN3O2/c1-14-20-18(3-2-4-19(20)27)25-21(14)22(28)24-17-9-11-26(12-10-17)13-15-5-7-16(23)8-6-15/h5-8,17,25H,2-4,9-13H2,1H3,(H,24,28). The molecule has 0 spiro atoms. The Morgan fingerprint density at radius 1 is 1.21 bits per heavy atom. The number of hydrogen-bond donors (Lipinski definition) is 2. The molecule has 0 radical (unpaired) electrons. The van der Waals surface area contributed by atoms with Crippen LogP contribution < -0.4 is 5.32 Å². The lowest BCUT2D eigenvalue weighted by molar-refractivity contribution is 0.0903. The number of halogens is 1. The van der Waals surface area contributed by atoms with E-state index in [-0.39, 0.29) is 17.7 Å². The Kier molecular flexibility index (Phi) is 5.56. The van der Waals surface area contributed by atoms with Gasteiger partial charge in [0.2, 0.25) is 0 Å². The van der Waals surface area contributed by atoms with Crippen LogP contribution in [0.5, 0.6) is 0 Å². The number of likely N-dealkylation sites (tertiary alicyclic amines) is 1. The van der Waals surface area contributed by atoms with Crippen LogP contribution in [0, 0.1) is 6.92 Å². The van der Waals surface area contributed by atoms with Crippen molar-refractivity contribution in [2.45, 2.75) is 51.6 Å². The van der Waals surface area contributed by atoms with Crippen LogP contribution in [-0.4, -0.2) is 40.7 Å². The van der Waals surface area contributed by atoms with Gasteiger partial charge in [0.25, 0.3) is 5.91 Å². The van der Waals surface area contributed by atoms with Crippen LogP contribution in [0.1, 0.15) is 63.4 Å². The van der Waals surface area contributed by atoms with Gasteiger partial charge in [-0.2, -0.15) is 0 Å². The van der Waals surface area contributed by atoms with Gasteiger partial charge in [0, 0.05) is 48.4 Å². The molecule has 1 aromatic carbocycles. The molecular formula is C22H26ClN3O2. The molecule has 6 heteroatoms. The van der Waals surface area contributed by atoms with Gasteiger partial charge in [-0.3, -0.25) is 14.5 Å². The molecular weight excluding hydrogens is 374 g/mol. The molecule has 1 aromatic heterocycles. The first kappa shape index (κ1) is 19.2. The van der Waals surface area contributed by atoms with Gasteiger partial charge < -0.3 is 10.3 Å². The molecule has 0 atom stereocenters. The minimum atomic E-state index is -0.0872. The Balaban J connectivity index is 1.33. The van der Waals surface area contributed by atoms with Crippen molar-refractivity contribution in [2.75, 3.05) is 13.1 Å². The monoisotopic (exact) mass is 399 g/mol. The Morgan fingerprint density at radius 2 is 1.93 bits per heavy atom. The Bertz CT molecular complexity index is 880. The maximum Gasteiger partial charge on any atom is 0.268 e. The maximum absolute atomic E-state index is 12.8. The average molecular weight is 400 g/mol. The number of fused-ring (bicyclic) bond motifs is 1. The molecule has 0 saturated carbocycles. The molecule has 1 fully saturated rings. The number of aromatic nitrogens is 1. The molecule has 2 aliphatic rings. The number of carbonyl (C=O) groups is 2. The minimum absolute atomic E-state index is 0.0872. The summed E-state index contributed by atoms with van der Waals surface area (Å²) in [7, 11) is 0. The number of ketones is 1. The largest absolute Gasteiger partial charge is 0.354 e. The topological polar surface area (TPSA) is 65.2 Å². The summed E-state index contributed by atoms with van der Waals surface area (Å²) in [5.74, 6) is 0.0698. The molecule has 2 N–H and O–H groups in total. The van der Waals surface area contributed by atoms with Crippen LogP contribution in [0.25, 0.3) is 0 Å². The molecule has 2 aromatic rings. The molecule has 1 amide bonds. The molecule has 2 heterocycles. The quantitative estimate of drug-likeness (QED) is 0.819. The number of nitrogens with zero attached hydrogens (tertiary/aromatic N) is 1. The van der Waals surface area contributed by atoms with E-state index in [9.17, 15) is 9.59 Å². The van der Waals surface area contributed by atoms with Crippen molar-refractivity contribution in [2.24, 2.45) is 0 Å². The summed E-state index contributed by atoms with van der Waals surface area (Å²) in [6.07, 6.45) is 4.14. The third-order valence-corrected chi connectivity index (χ3v) is 6.16. The summed E-state index contributed by atoms with van der Waals surface area (Å²) in [4.78, 5) is 30.6. The number of aryl methyl sites for hydroxylation is 1. The van der Waals surface area contributed by atoms with Crippen LogP contribution >= 0.6 is 11.6 Å². The van der Waals surface area contributed by atoms with E-state index in [1.807, 2.05) is 19.1 Å². The van der Waals surface area contributed by atoms with Crippen molar-refractivity contribution >= 4 is 23.3 Å². The second-order valence-corrected chi connectivity index (χ2v) is 8.34. The van der Waals surface area contributed by atoms with E-state index in [0.29, 0.717) is 12.1 Å². The normalized spacial score (nSPS) is 18.1. The first-order chi connectivity index (χ1) is 13.5. The van der Waals surface area contributed by atoms with E-state index in [1.54, 1.807) is 0 Å². The average Bonchev–Trinajstić information content (AvgIpc) is 3.03. The number of rotatable bonds is 4. The number of hydrogen-bond acceptors (Lipinski definition) is 3. The van der Waals surface area contributed by atoms with Gasteiger partial charge in [-0.15, -0.1) is 0 Å². The molecule has 4 rings (SSSR count). The lowest BCUT2D eigenvalue weighted by Crippen LogP contribution is -2.44. The molecule has 148 valence electrons. The highest BCUT2D eigenvalue weighted by Gasteiger charge is 2.28. The number of Topliss-reactive ketones (excluding diaryl/α,β-unsaturated/α-hetero) is 1. The highest BCUT2D eigenvalue weighted by Crippen LogP contribution is 2.26. The summed E-state index contributed by atoms with van der Waals surface area (Å²) >= 11 is 5.95. The highest BCUT2D eigenvalue weighted by molar-refractivity contribution is 6.30. The van der Waals surface area contributed by atoms with Gasteiger partial charge in [-0.1, -0.05) is 23.7 Å². The van der Waals surface area contributed by atoms with Gasteiger partial charge in [0.15, 0.2) is 5.78 Å². The Hall–Kier alpha value is -2.11. The van der Waals surface area contributed by atoms with Crippen molar-refractivity contribution in [1.29, 1.82) is 0 Å². The zero-order valence-corrected chi connectivity index (χ0v) is 16.9. The predicted molar refractivity (Wildman–Crippen MR) is 110 cm³/mol. The SMILES string of the molecule is Cc1c(C(=O)NC2CCN(Cc3ccc(Cl)cc3)CC2)[nH]c2c1C(=O)CCC2. The Labute approximate surface area is 170 Å². The lowest BCUT2D eigenvalue weighted by atomic mass is 9.93. The molecule has 28 heavy (non-hydrogen) atoms. The minimum Gasteiger partial charge on any atom is -0.354 e. The number of carbonyl (C=O) groups excluding carboxylic acids is 2. The molecule has 1 saturated heterocycles. The highest BCUT2D eigenvalue weighted by atomic mass is 35.5. The maximum atomic E-state index is 12.8. The summed E-state index contributed by atoms with van der Waals surface area (Å²) in [6.45, 7) is 4.68. The van der Waals surface area contributed by atoms with E-state index < -0.39 is 0 Å². The van der Waals surface area contributed by atoms with Crippen molar-refractivity contribution in [3.05, 3.63) is 57.4 Å². The van der Waals surface area contributed by atoms with E-state index in [2.05, 4.69) is 27.3 Å². The molecule has 0 bridgehead atoms. The first-order valence-corrected chi connectivity index (χ1v) is 10.4. The number of benzene rings is 1. The summed E-state index contributed by atoms with van der Waals surface area (Å²) in [5.41, 5.74) is 4.29. The molecule has 5 nitrogen and oxygen atoms in total. The molecule has 1 aliphatic carbocycles. The van der Waals surface area contributed by atoms with Crippen molar-refractivity contribution in [3.63, 3.8) is 0 Å². The number of amides is 1. The van der Waals surface area contributed by atoms with Crippen LogP contribution in [0.4, 0.5) is 0 Å². The van der Waals surface area contributed by atoms with Crippen LogP contribution in [-0.2, 0) is 13.0 Å². The number of aromatic amines is 1. The van der Waals surface area contributed by atoms with Crippen molar-refractivity contribution in [3.8, 4) is 0 Å². The summed E-state index contributed by atoms with van der Waals surface area (Å²) in [5, 5.41) is 3.92. The third kappa shape index (κ3) is 4.01. The summed E-state index contributed by atoms with van der Waals surface area (Å²) in [6, 6.07) is 8.14. The van der Waals surface area contributed by atoms with Crippen molar-refractivity contribution < 1.29 is 9.59 Å². The summed E-state index contributed by atoms with van der Waals surface area (Å²) < 4.78 is 0. The van der Waals surface area contributed by atoms with E-state index in [0.717, 1.165) is 67.2 Å². The van der Waals surface area contributed by atoms with Crippen LogP contribution in [0.2, 0.25) is 5.02 Å². The van der Waals surface area contributed by atoms with Gasteiger partial charge >= 0.3 is 0 Å². The number of H-pyrrole nitrogens is 1. The zero-order valence-electron chi connectivity index (χ0n) is 16.2. The first-order valence-electron chi connectivity index (χ1n) is 10.0. The van der Waals surface area contributed by atoms with E-state index in [4.69, 9.17) is 11.6 Å². The predicted octanol–water partition coefficient (Wildman–Crippen LogP) is 3.89. The fourth-order valence-corrected chi connectivity index (χ4v) is 4.47. The lowest BCUT2D eigenvalue weighted by Gasteiger charge is -2.32. The van der Waals surface area contributed by atoms with Gasteiger partial charge in [0.05, 0.1) is 0 Å².